The van der Waals surface area contributed by atoms with E-state index in [2.05, 4.69) is 9.97 Å². The molecule has 0 aliphatic carbocycles. The van der Waals surface area contributed by atoms with Crippen molar-refractivity contribution in [3.8, 4) is 5.75 Å². The molecule has 0 bridgehead atoms. The van der Waals surface area contributed by atoms with E-state index in [4.69, 9.17) is 10.5 Å². The molecule has 1 fully saturated rings. The molecule has 1 aliphatic rings. The van der Waals surface area contributed by atoms with Crippen molar-refractivity contribution >= 4 is 11.8 Å². The highest BCUT2D eigenvalue weighted by Gasteiger charge is 2.34. The molecular weight excluding hydrogens is 339 g/mol. The second-order valence-corrected chi connectivity index (χ2v) is 6.17. The summed E-state index contributed by atoms with van der Waals surface area (Å²) in [5.41, 5.74) is 5.61. The zero-order valence-corrected chi connectivity index (χ0v) is 14.0. The van der Waals surface area contributed by atoms with E-state index in [-0.39, 0.29) is 35.9 Å². The standard InChI is InChI=1S/C18H19FN4O3/c19-13-1-3-14(4-2-13)26-16-5-8-23(11-12(16)9-17(20)24)18(25)15-10-21-6-7-22-15/h1-4,6-7,10,12,16H,5,8-9,11H2,(H2,20,24)/t12-,16-/m0/s1. The van der Waals surface area contributed by atoms with Crippen molar-refractivity contribution in [2.45, 2.75) is 18.9 Å². The van der Waals surface area contributed by atoms with Gasteiger partial charge in [-0.3, -0.25) is 14.6 Å². The average molecular weight is 358 g/mol. The van der Waals surface area contributed by atoms with Crippen molar-refractivity contribution in [3.05, 3.63) is 54.4 Å². The van der Waals surface area contributed by atoms with Crippen LogP contribution in [0.4, 0.5) is 4.39 Å². The van der Waals surface area contributed by atoms with Crippen LogP contribution in [0.25, 0.3) is 0 Å². The van der Waals surface area contributed by atoms with Crippen LogP contribution in [0.2, 0.25) is 0 Å². The molecule has 1 aromatic heterocycles. The van der Waals surface area contributed by atoms with Gasteiger partial charge in [-0.05, 0) is 24.3 Å². The molecule has 0 unspecified atom stereocenters. The van der Waals surface area contributed by atoms with Gasteiger partial charge in [-0.15, -0.1) is 0 Å². The zero-order valence-electron chi connectivity index (χ0n) is 14.0. The Morgan fingerprint density at radius 3 is 2.69 bits per heavy atom. The van der Waals surface area contributed by atoms with Gasteiger partial charge in [0.05, 0.1) is 6.20 Å². The summed E-state index contributed by atoms with van der Waals surface area (Å²) in [5, 5.41) is 0. The Hall–Kier alpha value is -3.03. The highest BCUT2D eigenvalue weighted by Crippen LogP contribution is 2.26. The number of aromatic nitrogens is 2. The van der Waals surface area contributed by atoms with Gasteiger partial charge < -0.3 is 15.4 Å². The Bertz CT molecular complexity index is 770. The van der Waals surface area contributed by atoms with Crippen LogP contribution < -0.4 is 10.5 Å². The number of halogens is 1. The lowest BCUT2D eigenvalue weighted by atomic mass is 9.91. The molecule has 1 aliphatic heterocycles. The molecule has 2 amide bonds. The predicted molar refractivity (Wildman–Crippen MR) is 90.7 cm³/mol. The van der Waals surface area contributed by atoms with Crippen LogP contribution in [0, 0.1) is 11.7 Å². The van der Waals surface area contributed by atoms with E-state index >= 15 is 0 Å². The van der Waals surface area contributed by atoms with Gasteiger partial charge in [0, 0.05) is 44.2 Å². The first-order chi connectivity index (χ1) is 12.5. The maximum absolute atomic E-state index is 13.0. The van der Waals surface area contributed by atoms with Crippen molar-refractivity contribution in [3.63, 3.8) is 0 Å². The molecule has 2 heterocycles. The minimum absolute atomic E-state index is 0.0934. The lowest BCUT2D eigenvalue weighted by molar-refractivity contribution is -0.120. The SMILES string of the molecule is NC(=O)C[C@H]1CN(C(=O)c2cnccn2)CC[C@@H]1Oc1ccc(F)cc1. The number of ether oxygens (including phenoxy) is 1. The number of rotatable bonds is 5. The molecule has 1 saturated heterocycles. The molecule has 2 aromatic rings. The smallest absolute Gasteiger partial charge is 0.274 e. The predicted octanol–water partition coefficient (Wildman–Crippen LogP) is 1.40. The maximum Gasteiger partial charge on any atom is 0.274 e. The third kappa shape index (κ3) is 4.33. The van der Waals surface area contributed by atoms with E-state index in [1.54, 1.807) is 4.90 Å². The van der Waals surface area contributed by atoms with Crippen LogP contribution in [-0.2, 0) is 4.79 Å². The zero-order chi connectivity index (χ0) is 18.5. The van der Waals surface area contributed by atoms with Crippen molar-refractivity contribution in [2.75, 3.05) is 13.1 Å². The molecule has 26 heavy (non-hydrogen) atoms. The first-order valence-electron chi connectivity index (χ1n) is 8.29. The van der Waals surface area contributed by atoms with Crippen LogP contribution in [0.15, 0.2) is 42.9 Å². The molecule has 0 radical (unpaired) electrons. The summed E-state index contributed by atoms with van der Waals surface area (Å²) in [6, 6.07) is 5.69. The number of nitrogens with two attached hydrogens (primary N) is 1. The van der Waals surface area contributed by atoms with Gasteiger partial charge in [0.2, 0.25) is 5.91 Å². The summed E-state index contributed by atoms with van der Waals surface area (Å²) in [6.07, 6.45) is 4.69. The summed E-state index contributed by atoms with van der Waals surface area (Å²) in [4.78, 5) is 33.6. The van der Waals surface area contributed by atoms with Crippen molar-refractivity contribution in [1.82, 2.24) is 14.9 Å². The number of hydrogen-bond acceptors (Lipinski definition) is 5. The fourth-order valence-corrected chi connectivity index (χ4v) is 3.06. The largest absolute Gasteiger partial charge is 0.490 e. The molecule has 1 aromatic carbocycles. The number of benzene rings is 1. The number of piperidine rings is 1. The fourth-order valence-electron chi connectivity index (χ4n) is 3.06. The average Bonchev–Trinajstić information content (AvgIpc) is 2.64. The van der Waals surface area contributed by atoms with E-state index < -0.39 is 5.91 Å². The Labute approximate surface area is 150 Å². The van der Waals surface area contributed by atoms with Crippen LogP contribution in [-0.4, -0.2) is 45.9 Å². The Morgan fingerprint density at radius 1 is 1.27 bits per heavy atom. The fraction of sp³-hybridized carbons (Fsp3) is 0.333. The number of nitrogens with zero attached hydrogens (tertiary/aromatic N) is 3. The molecular formula is C18H19FN4O3. The first-order valence-corrected chi connectivity index (χ1v) is 8.29. The van der Waals surface area contributed by atoms with E-state index in [1.807, 2.05) is 0 Å². The molecule has 3 rings (SSSR count). The summed E-state index contributed by atoms with van der Waals surface area (Å²) >= 11 is 0. The number of primary amides is 1. The molecule has 0 spiro atoms. The van der Waals surface area contributed by atoms with Crippen LogP contribution in [0.5, 0.6) is 5.75 Å². The lowest BCUT2D eigenvalue weighted by Gasteiger charge is -2.38. The Kier molecular flexibility index (Phi) is 5.40. The summed E-state index contributed by atoms with van der Waals surface area (Å²) in [5.74, 6) is -0.800. The third-order valence-electron chi connectivity index (χ3n) is 4.30. The topological polar surface area (TPSA) is 98.4 Å². The van der Waals surface area contributed by atoms with Gasteiger partial charge in [0.25, 0.3) is 5.91 Å². The summed E-state index contributed by atoms with van der Waals surface area (Å²) in [6.45, 7) is 0.779. The summed E-state index contributed by atoms with van der Waals surface area (Å²) < 4.78 is 19.0. The van der Waals surface area contributed by atoms with Crippen molar-refractivity contribution < 1.29 is 18.7 Å². The summed E-state index contributed by atoms with van der Waals surface area (Å²) in [7, 11) is 0. The Balaban J connectivity index is 1.71. The molecule has 0 saturated carbocycles. The van der Waals surface area contributed by atoms with Gasteiger partial charge in [0.1, 0.15) is 23.4 Å². The van der Waals surface area contributed by atoms with Gasteiger partial charge in [0.15, 0.2) is 0 Å². The van der Waals surface area contributed by atoms with Crippen LogP contribution >= 0.6 is 0 Å². The highest BCUT2D eigenvalue weighted by molar-refractivity contribution is 5.92. The van der Waals surface area contributed by atoms with E-state index in [0.717, 1.165) is 0 Å². The van der Waals surface area contributed by atoms with E-state index in [0.29, 0.717) is 25.3 Å². The minimum atomic E-state index is -0.462. The third-order valence-corrected chi connectivity index (χ3v) is 4.30. The number of carbonyl (C=O) groups excluding carboxylic acids is 2. The second kappa shape index (κ2) is 7.90. The van der Waals surface area contributed by atoms with E-state index in [1.165, 1.54) is 42.9 Å². The second-order valence-electron chi connectivity index (χ2n) is 6.17. The number of amides is 2. The number of carbonyl (C=O) groups is 2. The normalized spacial score (nSPS) is 19.8. The van der Waals surface area contributed by atoms with Crippen LogP contribution in [0.1, 0.15) is 23.3 Å². The quantitative estimate of drug-likeness (QED) is 0.871. The van der Waals surface area contributed by atoms with Gasteiger partial charge in [-0.25, -0.2) is 9.37 Å². The number of likely N-dealkylation sites (tertiary alicyclic amines) is 1. The monoisotopic (exact) mass is 358 g/mol. The minimum Gasteiger partial charge on any atom is -0.490 e. The van der Waals surface area contributed by atoms with Crippen LogP contribution in [0.3, 0.4) is 0 Å². The molecule has 7 nitrogen and oxygen atoms in total. The lowest BCUT2D eigenvalue weighted by Crippen LogP contribution is -2.49. The van der Waals surface area contributed by atoms with Crippen molar-refractivity contribution in [2.24, 2.45) is 11.7 Å². The van der Waals surface area contributed by atoms with Gasteiger partial charge >= 0.3 is 0 Å². The van der Waals surface area contributed by atoms with Crippen molar-refractivity contribution in [1.29, 1.82) is 0 Å². The number of hydrogen-bond donors (Lipinski definition) is 1. The molecule has 2 N–H and O–H groups in total. The first kappa shape index (κ1) is 17.8. The molecule has 136 valence electrons. The van der Waals surface area contributed by atoms with Gasteiger partial charge in [-0.1, -0.05) is 0 Å². The van der Waals surface area contributed by atoms with E-state index in [9.17, 15) is 14.0 Å². The van der Waals surface area contributed by atoms with Gasteiger partial charge in [-0.2, -0.15) is 0 Å². The Morgan fingerprint density at radius 2 is 2.04 bits per heavy atom. The highest BCUT2D eigenvalue weighted by atomic mass is 19.1. The molecule has 8 heteroatoms. The molecule has 2 atom stereocenters. The maximum atomic E-state index is 13.0.